The number of hydrogen-bond acceptors (Lipinski definition) is 7. The molecular weight excluding hydrogens is 627 g/mol. The van der Waals surface area contributed by atoms with E-state index < -0.39 is 33.1 Å². The molecule has 1 N–H and O–H groups in total. The summed E-state index contributed by atoms with van der Waals surface area (Å²) in [5.74, 6) is -0.662. The first-order chi connectivity index (χ1) is 20.8. The Morgan fingerprint density at radius 3 is 2.07 bits per heavy atom. The maximum atomic E-state index is 13.8. The van der Waals surface area contributed by atoms with Gasteiger partial charge in [0.2, 0.25) is 23.5 Å². The van der Waals surface area contributed by atoms with Gasteiger partial charge in [0.25, 0.3) is 5.56 Å². The summed E-state index contributed by atoms with van der Waals surface area (Å²) in [7, 11) is -9.89. The molecule has 1 saturated heterocycles. The molecule has 0 atom stereocenters. The number of halogens is 5. The Labute approximate surface area is 253 Å². The molecule has 18 heteroatoms. The van der Waals surface area contributed by atoms with Crippen LogP contribution in [0.3, 0.4) is 0 Å². The van der Waals surface area contributed by atoms with Crippen LogP contribution in [0.2, 0.25) is 0 Å². The Bertz CT molecular complexity index is 1800. The molecule has 5 rings (SSSR count). The van der Waals surface area contributed by atoms with Crippen molar-refractivity contribution in [1.82, 2.24) is 29.0 Å². The second-order valence-corrected chi connectivity index (χ2v) is 13.4. The normalized spacial score (nSPS) is 17.5. The van der Waals surface area contributed by atoms with E-state index >= 15 is 0 Å². The van der Waals surface area contributed by atoms with Crippen molar-refractivity contribution in [2.24, 2.45) is 0 Å². The molecule has 0 bridgehead atoms. The number of benzene rings is 1. The van der Waals surface area contributed by atoms with Gasteiger partial charge in [-0.3, -0.25) is 19.2 Å². The van der Waals surface area contributed by atoms with E-state index in [1.54, 1.807) is 27.7 Å². The lowest BCUT2D eigenvalue weighted by atomic mass is 10.1. The Balaban J connectivity index is 1.51. The highest BCUT2D eigenvalue weighted by atomic mass is 32.5. The minimum Gasteiger partial charge on any atom is -0.362 e. The lowest BCUT2D eigenvalue weighted by Gasteiger charge is -2.40. The van der Waals surface area contributed by atoms with Crippen molar-refractivity contribution in [3.63, 3.8) is 0 Å². The molecule has 0 spiro atoms. The molecule has 45 heavy (non-hydrogen) atoms. The predicted molar refractivity (Wildman–Crippen MR) is 158 cm³/mol. The summed E-state index contributed by atoms with van der Waals surface area (Å²) in [6.07, 6.45) is 2.21. The molecule has 3 amide bonds. The lowest BCUT2D eigenvalue weighted by Crippen LogP contribution is -2.50. The van der Waals surface area contributed by atoms with Crippen LogP contribution in [0, 0.1) is 6.92 Å². The van der Waals surface area contributed by atoms with Crippen molar-refractivity contribution in [3.05, 3.63) is 52.2 Å². The van der Waals surface area contributed by atoms with Crippen LogP contribution in [0.15, 0.2) is 40.0 Å². The number of amides is 3. The molecule has 0 aliphatic carbocycles. The van der Waals surface area contributed by atoms with Crippen LogP contribution in [0.1, 0.15) is 31.8 Å². The standard InChI is InChI=1S/C27H31F5N8O4S/c1-17-24(38-14-12-37(13-15-38)19(3)42)26(44)40-27(34-25(35-40)20-8-10-36(11-9-20)18(2)41)39(17)16-23(43)33-21-4-6-22(7-5-21)45(28,29,30,31)32/h4-8H,9-16H2,1-3H3,(H,33,43). The van der Waals surface area contributed by atoms with Gasteiger partial charge in [0.05, 0.1) is 0 Å². The van der Waals surface area contributed by atoms with Gasteiger partial charge in [-0.25, -0.2) is 0 Å². The van der Waals surface area contributed by atoms with Gasteiger partial charge in [-0.05, 0) is 43.2 Å². The number of anilines is 2. The van der Waals surface area contributed by atoms with Gasteiger partial charge in [-0.2, -0.15) is 9.50 Å². The first-order valence-electron chi connectivity index (χ1n) is 13.9. The number of hydrogen-bond donors (Lipinski definition) is 1. The Morgan fingerprint density at radius 2 is 1.53 bits per heavy atom. The van der Waals surface area contributed by atoms with Crippen LogP contribution in [0.4, 0.5) is 30.8 Å². The number of carbonyl (C=O) groups excluding carboxylic acids is 3. The summed E-state index contributed by atoms with van der Waals surface area (Å²) >= 11 is 0. The highest BCUT2D eigenvalue weighted by Gasteiger charge is 2.65. The maximum absolute atomic E-state index is 13.8. The van der Waals surface area contributed by atoms with E-state index in [1.165, 1.54) is 18.4 Å². The lowest BCUT2D eigenvalue weighted by molar-refractivity contribution is -0.129. The fourth-order valence-electron chi connectivity index (χ4n) is 5.38. The number of nitrogens with zero attached hydrogens (tertiary/aromatic N) is 7. The predicted octanol–water partition coefficient (Wildman–Crippen LogP) is 3.80. The summed E-state index contributed by atoms with van der Waals surface area (Å²) in [6.45, 7) is 6.23. The molecule has 1 fully saturated rings. The average molecular weight is 659 g/mol. The van der Waals surface area contributed by atoms with Crippen LogP contribution in [0.25, 0.3) is 11.4 Å². The number of piperazine rings is 1. The van der Waals surface area contributed by atoms with Crippen molar-refractivity contribution >= 4 is 50.7 Å². The van der Waals surface area contributed by atoms with Crippen LogP contribution in [-0.4, -0.2) is 86.0 Å². The van der Waals surface area contributed by atoms with E-state index in [1.807, 2.05) is 0 Å². The molecule has 12 nitrogen and oxygen atoms in total. The average Bonchev–Trinajstić information content (AvgIpc) is 3.41. The fourth-order valence-corrected chi connectivity index (χ4v) is 6.03. The summed E-state index contributed by atoms with van der Waals surface area (Å²) in [4.78, 5) is 58.1. The zero-order chi connectivity index (χ0) is 33.0. The van der Waals surface area contributed by atoms with Crippen LogP contribution in [-0.2, 0) is 20.9 Å². The molecule has 244 valence electrons. The van der Waals surface area contributed by atoms with Crippen LogP contribution in [0.5, 0.6) is 0 Å². The second-order valence-electron chi connectivity index (χ2n) is 11.0. The van der Waals surface area contributed by atoms with Gasteiger partial charge >= 0.3 is 10.2 Å². The molecule has 2 aromatic heterocycles. The molecule has 0 radical (unpaired) electrons. The molecule has 4 heterocycles. The SMILES string of the molecule is CC(=O)N1CC=C(c2nc3n(CC(=O)Nc4ccc(S(F)(F)(F)(F)F)cc4)c(C)c(N4CCN(C(C)=O)CC4)c(=O)n3n2)CC1. The van der Waals surface area contributed by atoms with Gasteiger partial charge in [0.15, 0.2) is 5.82 Å². The topological polar surface area (TPSA) is 125 Å². The minimum absolute atomic E-state index is 0.0277. The zero-order valence-corrected chi connectivity index (χ0v) is 25.4. The van der Waals surface area contributed by atoms with Crippen molar-refractivity contribution in [3.8, 4) is 0 Å². The van der Waals surface area contributed by atoms with Gasteiger partial charge < -0.3 is 24.6 Å². The maximum Gasteiger partial charge on any atom is 0.310 e. The van der Waals surface area contributed by atoms with Crippen molar-refractivity contribution in [2.75, 3.05) is 49.5 Å². The molecule has 2 aliphatic rings. The largest absolute Gasteiger partial charge is 0.362 e. The van der Waals surface area contributed by atoms with Gasteiger partial charge in [-0.1, -0.05) is 25.5 Å². The third-order valence-corrected chi connectivity index (χ3v) is 9.01. The van der Waals surface area contributed by atoms with Gasteiger partial charge in [-0.15, -0.1) is 5.10 Å². The molecule has 2 aliphatic heterocycles. The number of carbonyl (C=O) groups is 3. The molecular formula is C27H31F5N8O4S. The van der Waals surface area contributed by atoms with Crippen LogP contribution < -0.4 is 15.8 Å². The van der Waals surface area contributed by atoms with Gasteiger partial charge in [0, 0.05) is 64.5 Å². The van der Waals surface area contributed by atoms with E-state index in [-0.39, 0.29) is 46.9 Å². The first kappa shape index (κ1) is 31.9. The number of aromatic nitrogens is 4. The molecule has 0 unspecified atom stereocenters. The minimum atomic E-state index is -9.89. The third kappa shape index (κ3) is 6.64. The highest BCUT2D eigenvalue weighted by molar-refractivity contribution is 8.45. The quantitative estimate of drug-likeness (QED) is 0.400. The summed E-state index contributed by atoms with van der Waals surface area (Å²) < 4.78 is 68.1. The van der Waals surface area contributed by atoms with Gasteiger partial charge in [0.1, 0.15) is 17.1 Å². The Kier molecular flexibility index (Phi) is 7.49. The van der Waals surface area contributed by atoms with E-state index in [2.05, 4.69) is 15.4 Å². The Hall–Kier alpha value is -4.48. The summed E-state index contributed by atoms with van der Waals surface area (Å²) in [6, 6.07) is 1.87. The highest BCUT2D eigenvalue weighted by Crippen LogP contribution is 3.02. The Morgan fingerprint density at radius 1 is 0.911 bits per heavy atom. The first-order valence-corrected chi connectivity index (χ1v) is 15.9. The molecule has 0 saturated carbocycles. The van der Waals surface area contributed by atoms with E-state index in [4.69, 9.17) is 0 Å². The fraction of sp³-hybridized carbons (Fsp3) is 0.407. The van der Waals surface area contributed by atoms with Crippen molar-refractivity contribution in [2.45, 2.75) is 38.6 Å². The third-order valence-electron chi connectivity index (χ3n) is 7.84. The number of rotatable bonds is 6. The number of nitrogens with one attached hydrogen (secondary N) is 1. The van der Waals surface area contributed by atoms with E-state index in [0.29, 0.717) is 57.0 Å². The monoisotopic (exact) mass is 658 g/mol. The summed E-state index contributed by atoms with van der Waals surface area (Å²) in [5.41, 5.74) is 0.642. The van der Waals surface area contributed by atoms with Crippen molar-refractivity contribution < 1.29 is 33.8 Å². The van der Waals surface area contributed by atoms with Crippen LogP contribution >= 0.6 is 10.2 Å². The molecule has 3 aromatic rings. The molecule has 1 aromatic carbocycles. The van der Waals surface area contributed by atoms with E-state index in [9.17, 15) is 38.6 Å². The second kappa shape index (κ2) is 10.6. The number of fused-ring (bicyclic) bond motifs is 1. The van der Waals surface area contributed by atoms with E-state index in [0.717, 1.165) is 16.6 Å². The summed E-state index contributed by atoms with van der Waals surface area (Å²) in [5, 5.41) is 6.85. The smallest absolute Gasteiger partial charge is 0.310 e. The zero-order valence-electron chi connectivity index (χ0n) is 24.6. The van der Waals surface area contributed by atoms with Crippen molar-refractivity contribution in [1.29, 1.82) is 0 Å².